The topological polar surface area (TPSA) is 46.1 Å². The van der Waals surface area contributed by atoms with E-state index < -0.39 is 0 Å². The van der Waals surface area contributed by atoms with Gasteiger partial charge in [0.25, 0.3) is 0 Å². The van der Waals surface area contributed by atoms with Gasteiger partial charge in [0.1, 0.15) is 0 Å². The molecule has 3 rings (SSSR count). The lowest BCUT2D eigenvalue weighted by atomic mass is 9.71. The average Bonchev–Trinajstić information content (AvgIpc) is 2.75. The molecule has 3 aliphatic rings. The molecule has 1 saturated carbocycles. The van der Waals surface area contributed by atoms with Crippen molar-refractivity contribution in [3.63, 3.8) is 0 Å². The summed E-state index contributed by atoms with van der Waals surface area (Å²) in [6.07, 6.45) is 5.39. The standard InChI is InChI=1S/C13H22BrNO2/c1-7-10-5-9(6-16)17-13(10)11-4-8(14)2-3-12(11)15-7/h7-13,15-16H,2-6H2,1H3/p+1. The fourth-order valence-corrected chi connectivity index (χ4v) is 4.89. The number of ether oxygens (including phenoxy) is 1. The molecule has 0 radical (unpaired) electrons. The molecule has 7 unspecified atom stereocenters. The summed E-state index contributed by atoms with van der Waals surface area (Å²) in [5.74, 6) is 1.33. The number of aliphatic hydroxyl groups is 1. The molecule has 0 aromatic carbocycles. The van der Waals surface area contributed by atoms with E-state index in [-0.39, 0.29) is 12.7 Å². The summed E-state index contributed by atoms with van der Waals surface area (Å²) >= 11 is 3.78. The Bertz CT molecular complexity index is 289. The average molecular weight is 305 g/mol. The van der Waals surface area contributed by atoms with Gasteiger partial charge in [-0.1, -0.05) is 15.9 Å². The SMILES string of the molecule is CC1[NH2+]C2CCC(Br)CC2C2OC(CO)CC12. The van der Waals surface area contributed by atoms with Crippen molar-refractivity contribution in [3.05, 3.63) is 0 Å². The summed E-state index contributed by atoms with van der Waals surface area (Å²) in [5, 5.41) is 11.9. The summed E-state index contributed by atoms with van der Waals surface area (Å²) in [6, 6.07) is 1.40. The van der Waals surface area contributed by atoms with Gasteiger partial charge in [0.15, 0.2) is 0 Å². The van der Waals surface area contributed by atoms with E-state index in [4.69, 9.17) is 4.74 Å². The lowest BCUT2D eigenvalue weighted by Gasteiger charge is -2.44. The fourth-order valence-electron chi connectivity index (χ4n) is 4.19. The third-order valence-corrected chi connectivity index (χ3v) is 5.88. The molecular formula is C13H23BrNO2+. The second-order valence-corrected chi connectivity index (χ2v) is 7.39. The monoisotopic (exact) mass is 304 g/mol. The minimum Gasteiger partial charge on any atom is -0.394 e. The normalized spacial score (nSPS) is 54.2. The van der Waals surface area contributed by atoms with Crippen molar-refractivity contribution in [3.8, 4) is 0 Å². The molecular weight excluding hydrogens is 282 g/mol. The summed E-state index contributed by atoms with van der Waals surface area (Å²) in [7, 11) is 0. The van der Waals surface area contributed by atoms with Crippen molar-refractivity contribution >= 4 is 15.9 Å². The molecule has 0 amide bonds. The van der Waals surface area contributed by atoms with E-state index in [0.29, 0.717) is 28.8 Å². The van der Waals surface area contributed by atoms with Crippen LogP contribution in [0.25, 0.3) is 0 Å². The molecule has 0 aromatic heterocycles. The first-order valence-electron chi connectivity index (χ1n) is 6.94. The lowest BCUT2D eigenvalue weighted by Crippen LogP contribution is -3.00. The fraction of sp³-hybridized carbons (Fsp3) is 1.00. The van der Waals surface area contributed by atoms with Gasteiger partial charge in [-0.2, -0.15) is 0 Å². The van der Waals surface area contributed by atoms with Gasteiger partial charge in [0.2, 0.25) is 0 Å². The van der Waals surface area contributed by atoms with Crippen LogP contribution in [0.15, 0.2) is 0 Å². The number of aliphatic hydroxyl groups excluding tert-OH is 1. The van der Waals surface area contributed by atoms with Gasteiger partial charge in [-0.25, -0.2) is 0 Å². The van der Waals surface area contributed by atoms with Crippen LogP contribution >= 0.6 is 15.9 Å². The first kappa shape index (κ1) is 12.4. The molecule has 2 aliphatic heterocycles. The Balaban J connectivity index is 1.78. The molecule has 2 heterocycles. The van der Waals surface area contributed by atoms with E-state index in [0.717, 1.165) is 12.5 Å². The Morgan fingerprint density at radius 1 is 1.29 bits per heavy atom. The maximum Gasteiger partial charge on any atom is 0.0915 e. The van der Waals surface area contributed by atoms with Crippen molar-refractivity contribution < 1.29 is 15.2 Å². The second kappa shape index (κ2) is 4.80. The lowest BCUT2D eigenvalue weighted by molar-refractivity contribution is -0.744. The molecule has 7 atom stereocenters. The summed E-state index contributed by atoms with van der Waals surface area (Å²) in [6.45, 7) is 2.52. The number of halogens is 1. The number of fused-ring (bicyclic) bond motifs is 3. The van der Waals surface area contributed by atoms with Crippen molar-refractivity contribution in [2.75, 3.05) is 6.61 Å². The van der Waals surface area contributed by atoms with Gasteiger partial charge in [0.05, 0.1) is 30.9 Å². The van der Waals surface area contributed by atoms with E-state index in [9.17, 15) is 5.11 Å². The number of nitrogens with two attached hydrogens (primary N) is 1. The Kier molecular flexibility index (Phi) is 3.50. The molecule has 0 spiro atoms. The van der Waals surface area contributed by atoms with E-state index in [1.807, 2.05) is 0 Å². The van der Waals surface area contributed by atoms with Crippen molar-refractivity contribution in [2.24, 2.45) is 11.8 Å². The van der Waals surface area contributed by atoms with Crippen LogP contribution in [-0.2, 0) is 4.74 Å². The van der Waals surface area contributed by atoms with Gasteiger partial charge >= 0.3 is 0 Å². The Morgan fingerprint density at radius 3 is 2.88 bits per heavy atom. The number of quaternary nitrogens is 1. The molecule has 98 valence electrons. The van der Waals surface area contributed by atoms with Crippen LogP contribution in [0.5, 0.6) is 0 Å². The second-order valence-electron chi connectivity index (χ2n) is 6.09. The molecule has 3 N–H and O–H groups in total. The molecule has 17 heavy (non-hydrogen) atoms. The first-order chi connectivity index (χ1) is 8.19. The van der Waals surface area contributed by atoms with Crippen LogP contribution < -0.4 is 5.32 Å². The zero-order chi connectivity index (χ0) is 12.0. The van der Waals surface area contributed by atoms with Crippen molar-refractivity contribution in [1.82, 2.24) is 0 Å². The number of piperidine rings is 1. The quantitative estimate of drug-likeness (QED) is 0.699. The van der Waals surface area contributed by atoms with Crippen molar-refractivity contribution in [2.45, 2.75) is 61.7 Å². The van der Waals surface area contributed by atoms with E-state index in [1.165, 1.54) is 19.3 Å². The molecule has 3 fully saturated rings. The van der Waals surface area contributed by atoms with Gasteiger partial charge in [-0.15, -0.1) is 0 Å². The molecule has 3 nitrogen and oxygen atoms in total. The highest BCUT2D eigenvalue weighted by molar-refractivity contribution is 9.09. The minimum absolute atomic E-state index is 0.0929. The first-order valence-corrected chi connectivity index (χ1v) is 7.86. The molecule has 0 bridgehead atoms. The highest BCUT2D eigenvalue weighted by Gasteiger charge is 2.52. The zero-order valence-corrected chi connectivity index (χ0v) is 12.0. The third kappa shape index (κ3) is 2.18. The maximum atomic E-state index is 9.30. The van der Waals surface area contributed by atoms with Crippen LogP contribution in [-0.4, -0.2) is 40.8 Å². The Morgan fingerprint density at radius 2 is 2.12 bits per heavy atom. The van der Waals surface area contributed by atoms with Crippen LogP contribution in [0.3, 0.4) is 0 Å². The zero-order valence-electron chi connectivity index (χ0n) is 10.4. The summed E-state index contributed by atoms with van der Waals surface area (Å²) < 4.78 is 6.11. The maximum absolute atomic E-state index is 9.30. The number of hydrogen-bond donors (Lipinski definition) is 2. The van der Waals surface area contributed by atoms with Crippen molar-refractivity contribution in [1.29, 1.82) is 0 Å². The smallest absolute Gasteiger partial charge is 0.0915 e. The predicted molar refractivity (Wildman–Crippen MR) is 69.1 cm³/mol. The molecule has 1 aliphatic carbocycles. The number of rotatable bonds is 1. The number of alkyl halides is 1. The highest BCUT2D eigenvalue weighted by atomic mass is 79.9. The van der Waals surface area contributed by atoms with Crippen LogP contribution in [0, 0.1) is 11.8 Å². The van der Waals surface area contributed by atoms with Gasteiger partial charge < -0.3 is 15.2 Å². The molecule has 0 aromatic rings. The number of hydrogen-bond acceptors (Lipinski definition) is 2. The van der Waals surface area contributed by atoms with Gasteiger partial charge in [-0.3, -0.25) is 0 Å². The van der Waals surface area contributed by atoms with E-state index in [1.54, 1.807) is 0 Å². The highest BCUT2D eigenvalue weighted by Crippen LogP contribution is 2.42. The van der Waals surface area contributed by atoms with E-state index >= 15 is 0 Å². The third-order valence-electron chi connectivity index (χ3n) is 5.05. The minimum atomic E-state index is 0.0929. The summed E-state index contributed by atoms with van der Waals surface area (Å²) in [5.41, 5.74) is 0. The van der Waals surface area contributed by atoms with Crippen LogP contribution in [0.2, 0.25) is 0 Å². The largest absolute Gasteiger partial charge is 0.394 e. The summed E-state index contributed by atoms with van der Waals surface area (Å²) in [4.78, 5) is 0.669. The molecule has 4 heteroatoms. The Hall–Kier alpha value is 0.360. The Labute approximate surface area is 111 Å². The molecule has 2 saturated heterocycles. The van der Waals surface area contributed by atoms with Gasteiger partial charge in [-0.05, 0) is 26.2 Å². The van der Waals surface area contributed by atoms with Crippen LogP contribution in [0.4, 0.5) is 0 Å². The van der Waals surface area contributed by atoms with Gasteiger partial charge in [0, 0.05) is 23.1 Å². The predicted octanol–water partition coefficient (Wildman–Crippen LogP) is 0.650. The van der Waals surface area contributed by atoms with E-state index in [2.05, 4.69) is 28.2 Å². The van der Waals surface area contributed by atoms with Crippen LogP contribution in [0.1, 0.15) is 32.6 Å².